The number of morpholine rings is 1. The van der Waals surface area contributed by atoms with Crippen LogP contribution in [-0.2, 0) is 14.8 Å². The van der Waals surface area contributed by atoms with E-state index in [2.05, 4.69) is 0 Å². The van der Waals surface area contributed by atoms with Gasteiger partial charge in [0.15, 0.2) is 0 Å². The minimum atomic E-state index is -3.62. The van der Waals surface area contributed by atoms with Crippen molar-refractivity contribution in [2.24, 2.45) is 0 Å². The smallest absolute Gasteiger partial charge is 0.245 e. The molecule has 2 unspecified atom stereocenters. The summed E-state index contributed by atoms with van der Waals surface area (Å²) in [6, 6.07) is 4.21. The van der Waals surface area contributed by atoms with Crippen LogP contribution in [0.3, 0.4) is 0 Å². The Morgan fingerprint density at radius 1 is 1.42 bits per heavy atom. The van der Waals surface area contributed by atoms with Crippen molar-refractivity contribution in [3.63, 3.8) is 0 Å². The Morgan fingerprint density at radius 3 is 2.74 bits per heavy atom. The summed E-state index contributed by atoms with van der Waals surface area (Å²) >= 11 is 5.80. The third-order valence-corrected chi connectivity index (χ3v) is 5.40. The Labute approximate surface area is 118 Å². The van der Waals surface area contributed by atoms with E-state index < -0.39 is 10.0 Å². The molecule has 0 amide bonds. The normalized spacial score (nSPS) is 25.4. The highest BCUT2D eigenvalue weighted by molar-refractivity contribution is 7.89. The summed E-state index contributed by atoms with van der Waals surface area (Å²) in [6.45, 7) is 4.37. The number of sulfonamides is 1. The maximum Gasteiger partial charge on any atom is 0.245 e. The molecule has 2 rings (SSSR count). The summed E-state index contributed by atoms with van der Waals surface area (Å²) in [5.41, 5.74) is 5.94. The summed E-state index contributed by atoms with van der Waals surface area (Å²) in [5.74, 6) is 0. The maximum atomic E-state index is 12.6. The Hall–Kier alpha value is -0.820. The first-order valence-electron chi connectivity index (χ1n) is 6.01. The van der Waals surface area contributed by atoms with Gasteiger partial charge in [-0.3, -0.25) is 0 Å². The zero-order chi connectivity index (χ0) is 14.2. The van der Waals surface area contributed by atoms with E-state index in [0.717, 1.165) is 0 Å². The molecule has 1 aromatic carbocycles. The molecule has 0 spiro atoms. The standard InChI is InChI=1S/C12H17ClN2O3S/c1-8-7-18-9(2)6-15(8)19(16,17)12-4-3-10(13)5-11(12)14/h3-5,8-9H,6-7,14H2,1-2H3. The molecular weight excluding hydrogens is 288 g/mol. The quantitative estimate of drug-likeness (QED) is 0.844. The molecule has 1 fully saturated rings. The lowest BCUT2D eigenvalue weighted by molar-refractivity contribution is -0.0170. The number of nitrogen functional groups attached to an aromatic ring is 1. The monoisotopic (exact) mass is 304 g/mol. The number of hydrogen-bond donors (Lipinski definition) is 1. The van der Waals surface area contributed by atoms with Gasteiger partial charge >= 0.3 is 0 Å². The highest BCUT2D eigenvalue weighted by Crippen LogP contribution is 2.28. The van der Waals surface area contributed by atoms with Gasteiger partial charge in [0.05, 0.1) is 18.4 Å². The van der Waals surface area contributed by atoms with Crippen LogP contribution >= 0.6 is 11.6 Å². The molecule has 0 aliphatic carbocycles. The molecule has 5 nitrogen and oxygen atoms in total. The molecule has 1 saturated heterocycles. The number of rotatable bonds is 2. The topological polar surface area (TPSA) is 72.6 Å². The summed E-state index contributed by atoms with van der Waals surface area (Å²) < 4.78 is 32.1. The summed E-state index contributed by atoms with van der Waals surface area (Å²) in [7, 11) is -3.62. The van der Waals surface area contributed by atoms with Crippen molar-refractivity contribution < 1.29 is 13.2 Å². The van der Waals surface area contributed by atoms with Gasteiger partial charge in [0.25, 0.3) is 0 Å². The highest BCUT2D eigenvalue weighted by Gasteiger charge is 2.35. The fourth-order valence-electron chi connectivity index (χ4n) is 2.09. The third kappa shape index (κ3) is 2.86. The van der Waals surface area contributed by atoms with Crippen molar-refractivity contribution in [3.05, 3.63) is 23.2 Å². The molecule has 1 aliphatic rings. The fraction of sp³-hybridized carbons (Fsp3) is 0.500. The number of hydrogen-bond acceptors (Lipinski definition) is 4. The van der Waals surface area contributed by atoms with Crippen LogP contribution in [0.4, 0.5) is 5.69 Å². The maximum absolute atomic E-state index is 12.6. The zero-order valence-electron chi connectivity index (χ0n) is 10.8. The van der Waals surface area contributed by atoms with E-state index in [1.165, 1.54) is 22.5 Å². The van der Waals surface area contributed by atoms with Crippen molar-refractivity contribution >= 4 is 27.3 Å². The van der Waals surface area contributed by atoms with Gasteiger partial charge in [-0.2, -0.15) is 4.31 Å². The zero-order valence-corrected chi connectivity index (χ0v) is 12.4. The molecule has 1 heterocycles. The lowest BCUT2D eigenvalue weighted by Gasteiger charge is -2.35. The van der Waals surface area contributed by atoms with E-state index in [0.29, 0.717) is 18.2 Å². The molecule has 1 aliphatic heterocycles. The fourth-order valence-corrected chi connectivity index (χ4v) is 4.06. The number of halogens is 1. The molecule has 7 heteroatoms. The number of benzene rings is 1. The molecule has 0 saturated carbocycles. The van der Waals surface area contributed by atoms with Gasteiger partial charge in [-0.25, -0.2) is 8.42 Å². The van der Waals surface area contributed by atoms with E-state index in [-0.39, 0.29) is 22.7 Å². The second-order valence-corrected chi connectivity index (χ2v) is 7.05. The lowest BCUT2D eigenvalue weighted by atomic mass is 10.2. The Morgan fingerprint density at radius 2 is 2.11 bits per heavy atom. The van der Waals surface area contributed by atoms with Gasteiger partial charge < -0.3 is 10.5 Å². The van der Waals surface area contributed by atoms with Crippen molar-refractivity contribution in [1.29, 1.82) is 0 Å². The molecule has 19 heavy (non-hydrogen) atoms. The SMILES string of the molecule is CC1CN(S(=O)(=O)c2ccc(Cl)cc2N)C(C)CO1. The van der Waals surface area contributed by atoms with Gasteiger partial charge in [-0.15, -0.1) is 0 Å². The molecule has 0 radical (unpaired) electrons. The molecular formula is C12H17ClN2O3S. The van der Waals surface area contributed by atoms with Crippen molar-refractivity contribution in [1.82, 2.24) is 4.31 Å². The van der Waals surface area contributed by atoms with Crippen LogP contribution in [0, 0.1) is 0 Å². The molecule has 0 bridgehead atoms. The van der Waals surface area contributed by atoms with Crippen LogP contribution in [0.25, 0.3) is 0 Å². The Bertz CT molecular complexity index is 576. The number of nitrogens with zero attached hydrogens (tertiary/aromatic N) is 1. The number of anilines is 1. The molecule has 1 aromatic rings. The predicted octanol–water partition coefficient (Wildman–Crippen LogP) is 1.72. The average Bonchev–Trinajstić information content (AvgIpc) is 2.31. The van der Waals surface area contributed by atoms with Crippen molar-refractivity contribution in [3.8, 4) is 0 Å². The number of nitrogens with two attached hydrogens (primary N) is 1. The summed E-state index contributed by atoms with van der Waals surface area (Å²) in [4.78, 5) is 0.0952. The van der Waals surface area contributed by atoms with Gasteiger partial charge in [0.2, 0.25) is 10.0 Å². The van der Waals surface area contributed by atoms with Gasteiger partial charge in [-0.05, 0) is 32.0 Å². The second-order valence-electron chi connectivity index (χ2n) is 4.75. The first-order chi connectivity index (χ1) is 8.82. The molecule has 2 N–H and O–H groups in total. The van der Waals surface area contributed by atoms with Crippen LogP contribution < -0.4 is 5.73 Å². The Kier molecular flexibility index (Phi) is 4.06. The third-order valence-electron chi connectivity index (χ3n) is 3.11. The van der Waals surface area contributed by atoms with Crippen LogP contribution in [-0.4, -0.2) is 38.0 Å². The van der Waals surface area contributed by atoms with Crippen LogP contribution in [0.1, 0.15) is 13.8 Å². The van der Waals surface area contributed by atoms with E-state index >= 15 is 0 Å². The van der Waals surface area contributed by atoms with Crippen LogP contribution in [0.2, 0.25) is 5.02 Å². The molecule has 106 valence electrons. The highest BCUT2D eigenvalue weighted by atomic mass is 35.5. The first-order valence-corrected chi connectivity index (χ1v) is 7.82. The van der Waals surface area contributed by atoms with E-state index in [4.69, 9.17) is 22.1 Å². The van der Waals surface area contributed by atoms with Crippen molar-refractivity contribution in [2.75, 3.05) is 18.9 Å². The van der Waals surface area contributed by atoms with Gasteiger partial charge in [0.1, 0.15) is 4.90 Å². The first kappa shape index (κ1) is 14.6. The Balaban J connectivity index is 2.41. The van der Waals surface area contributed by atoms with E-state index in [1.807, 2.05) is 13.8 Å². The van der Waals surface area contributed by atoms with Crippen LogP contribution in [0.15, 0.2) is 23.1 Å². The summed E-state index contributed by atoms with van der Waals surface area (Å²) in [6.07, 6.45) is -0.125. The van der Waals surface area contributed by atoms with E-state index in [1.54, 1.807) is 0 Å². The van der Waals surface area contributed by atoms with Gasteiger partial charge in [-0.1, -0.05) is 11.6 Å². The number of ether oxygens (including phenoxy) is 1. The molecule has 0 aromatic heterocycles. The molecule has 2 atom stereocenters. The van der Waals surface area contributed by atoms with E-state index in [9.17, 15) is 8.42 Å². The average molecular weight is 305 g/mol. The lowest BCUT2D eigenvalue weighted by Crippen LogP contribution is -2.50. The van der Waals surface area contributed by atoms with Crippen molar-refractivity contribution in [2.45, 2.75) is 30.9 Å². The predicted molar refractivity (Wildman–Crippen MR) is 74.6 cm³/mol. The van der Waals surface area contributed by atoms with Crippen LogP contribution in [0.5, 0.6) is 0 Å². The minimum absolute atomic E-state index is 0.0952. The second kappa shape index (κ2) is 5.28. The summed E-state index contributed by atoms with van der Waals surface area (Å²) in [5, 5.41) is 0.417. The minimum Gasteiger partial charge on any atom is -0.398 e. The largest absolute Gasteiger partial charge is 0.398 e. The van der Waals surface area contributed by atoms with Gasteiger partial charge in [0, 0.05) is 17.6 Å².